The Morgan fingerprint density at radius 3 is 2.96 bits per heavy atom. The highest BCUT2D eigenvalue weighted by molar-refractivity contribution is 6.31. The number of nitrogens with zero attached hydrogens (tertiary/aromatic N) is 2. The minimum atomic E-state index is 0.108. The quantitative estimate of drug-likeness (QED) is 0.770. The maximum absolute atomic E-state index is 12.2. The van der Waals surface area contributed by atoms with Crippen LogP contribution in [0.25, 0.3) is 0 Å². The number of nitrogens with one attached hydrogen (secondary N) is 1. The lowest BCUT2D eigenvalue weighted by atomic mass is 9.93. The van der Waals surface area contributed by atoms with Gasteiger partial charge in [0.25, 0.3) is 0 Å². The van der Waals surface area contributed by atoms with Crippen LogP contribution in [0.15, 0.2) is 42.7 Å². The summed E-state index contributed by atoms with van der Waals surface area (Å²) in [6.45, 7) is 5.80. The molecule has 0 saturated carbocycles. The smallest absolute Gasteiger partial charge is 0.220 e. The van der Waals surface area contributed by atoms with Crippen molar-refractivity contribution in [1.29, 1.82) is 0 Å². The molecule has 144 valence electrons. The normalized spacial score (nSPS) is 17.6. The van der Waals surface area contributed by atoms with E-state index in [-0.39, 0.29) is 5.91 Å². The van der Waals surface area contributed by atoms with Crippen molar-refractivity contribution in [1.82, 2.24) is 15.2 Å². The minimum Gasteiger partial charge on any atom is -0.352 e. The molecule has 1 aliphatic rings. The number of piperidine rings is 1. The number of carbonyl (C=O) groups is 1. The van der Waals surface area contributed by atoms with Gasteiger partial charge in [-0.25, -0.2) is 0 Å². The SMILES string of the molecule is Cc1cnccc1CN1CCC[C@@H](CCC(=O)NCc2ccccc2Cl)C1. The van der Waals surface area contributed by atoms with Crippen LogP contribution >= 0.6 is 11.6 Å². The van der Waals surface area contributed by atoms with E-state index < -0.39 is 0 Å². The fraction of sp³-hybridized carbons (Fsp3) is 0.455. The van der Waals surface area contributed by atoms with Gasteiger partial charge in [0, 0.05) is 43.5 Å². The Hall–Kier alpha value is -1.91. The third kappa shape index (κ3) is 6.05. The summed E-state index contributed by atoms with van der Waals surface area (Å²) in [7, 11) is 0. The van der Waals surface area contributed by atoms with Gasteiger partial charge in [-0.05, 0) is 67.5 Å². The fourth-order valence-corrected chi connectivity index (χ4v) is 3.91. The van der Waals surface area contributed by atoms with Gasteiger partial charge in [-0.2, -0.15) is 0 Å². The van der Waals surface area contributed by atoms with Crippen LogP contribution < -0.4 is 5.32 Å². The standard InChI is InChI=1S/C22H28ClN3O/c1-17-13-24-11-10-20(17)16-26-12-4-5-18(15-26)8-9-22(27)25-14-19-6-2-3-7-21(19)23/h2-3,6-7,10-11,13,18H,4-5,8-9,12,14-16H2,1H3,(H,25,27)/t18-/m0/s1. The first-order valence-electron chi connectivity index (χ1n) is 9.74. The molecule has 3 rings (SSSR count). The monoisotopic (exact) mass is 385 g/mol. The summed E-state index contributed by atoms with van der Waals surface area (Å²) < 4.78 is 0. The molecular weight excluding hydrogens is 358 g/mol. The van der Waals surface area contributed by atoms with Crippen molar-refractivity contribution in [2.45, 2.75) is 45.7 Å². The number of rotatable bonds is 7. The van der Waals surface area contributed by atoms with Crippen LogP contribution in [-0.2, 0) is 17.9 Å². The van der Waals surface area contributed by atoms with Crippen molar-refractivity contribution in [3.05, 3.63) is 64.4 Å². The Labute approximate surface area is 166 Å². The third-order valence-corrected chi connectivity index (χ3v) is 5.72. The summed E-state index contributed by atoms with van der Waals surface area (Å²) in [6, 6.07) is 9.75. The third-order valence-electron chi connectivity index (χ3n) is 5.35. The molecule has 1 fully saturated rings. The number of amides is 1. The van der Waals surface area contributed by atoms with E-state index in [1.54, 1.807) is 0 Å². The van der Waals surface area contributed by atoms with E-state index in [1.807, 2.05) is 36.7 Å². The molecule has 1 amide bonds. The van der Waals surface area contributed by atoms with Gasteiger partial charge in [0.2, 0.25) is 5.91 Å². The van der Waals surface area contributed by atoms with Crippen molar-refractivity contribution in [3.63, 3.8) is 0 Å². The van der Waals surface area contributed by atoms with E-state index in [4.69, 9.17) is 11.6 Å². The van der Waals surface area contributed by atoms with E-state index in [2.05, 4.69) is 28.2 Å². The number of aryl methyl sites for hydroxylation is 1. The second-order valence-electron chi connectivity index (χ2n) is 7.45. The van der Waals surface area contributed by atoms with Gasteiger partial charge in [0.1, 0.15) is 0 Å². The molecule has 5 heteroatoms. The van der Waals surface area contributed by atoms with Crippen molar-refractivity contribution >= 4 is 17.5 Å². The molecule has 0 spiro atoms. The predicted molar refractivity (Wildman–Crippen MR) is 110 cm³/mol. The van der Waals surface area contributed by atoms with E-state index in [0.717, 1.165) is 31.6 Å². The molecule has 0 unspecified atom stereocenters. The Morgan fingerprint density at radius 2 is 2.15 bits per heavy atom. The molecule has 1 saturated heterocycles. The van der Waals surface area contributed by atoms with Gasteiger partial charge in [-0.1, -0.05) is 29.8 Å². The average Bonchev–Trinajstić information content (AvgIpc) is 2.68. The first kappa shape index (κ1) is 19.8. The van der Waals surface area contributed by atoms with Gasteiger partial charge < -0.3 is 5.32 Å². The van der Waals surface area contributed by atoms with E-state index >= 15 is 0 Å². The van der Waals surface area contributed by atoms with Crippen LogP contribution in [0.1, 0.15) is 42.4 Å². The average molecular weight is 386 g/mol. The molecule has 0 aliphatic carbocycles. The Kier molecular flexibility index (Phi) is 7.25. The van der Waals surface area contributed by atoms with Crippen LogP contribution in [0.5, 0.6) is 0 Å². The summed E-state index contributed by atoms with van der Waals surface area (Å²) in [5.74, 6) is 0.698. The highest BCUT2D eigenvalue weighted by Gasteiger charge is 2.21. The predicted octanol–water partition coefficient (Wildman–Crippen LogP) is 4.35. The zero-order valence-electron chi connectivity index (χ0n) is 16.0. The van der Waals surface area contributed by atoms with Crippen molar-refractivity contribution in [2.75, 3.05) is 13.1 Å². The molecule has 2 aromatic rings. The maximum Gasteiger partial charge on any atom is 0.220 e. The summed E-state index contributed by atoms with van der Waals surface area (Å²) >= 11 is 6.14. The van der Waals surface area contributed by atoms with Crippen LogP contribution in [0.3, 0.4) is 0 Å². The van der Waals surface area contributed by atoms with Gasteiger partial charge in [0.15, 0.2) is 0 Å². The molecule has 0 radical (unpaired) electrons. The van der Waals surface area contributed by atoms with Crippen LogP contribution in [0, 0.1) is 12.8 Å². The summed E-state index contributed by atoms with van der Waals surface area (Å²) in [4.78, 5) is 18.9. The first-order valence-corrected chi connectivity index (χ1v) is 10.1. The number of carbonyl (C=O) groups excluding carboxylic acids is 1. The van der Waals surface area contributed by atoms with Crippen molar-refractivity contribution in [3.8, 4) is 0 Å². The van der Waals surface area contributed by atoms with Gasteiger partial charge in [-0.15, -0.1) is 0 Å². The number of benzene rings is 1. The molecular formula is C22H28ClN3O. The Balaban J connectivity index is 1.42. The second-order valence-corrected chi connectivity index (χ2v) is 7.86. The van der Waals surface area contributed by atoms with Crippen LogP contribution in [0.4, 0.5) is 0 Å². The highest BCUT2D eigenvalue weighted by Crippen LogP contribution is 2.23. The zero-order chi connectivity index (χ0) is 19.1. The number of pyridine rings is 1. The first-order chi connectivity index (χ1) is 13.1. The molecule has 1 aliphatic heterocycles. The molecule has 1 aromatic heterocycles. The van der Waals surface area contributed by atoms with Crippen molar-refractivity contribution in [2.24, 2.45) is 5.92 Å². The largest absolute Gasteiger partial charge is 0.352 e. The minimum absolute atomic E-state index is 0.108. The topological polar surface area (TPSA) is 45.2 Å². The maximum atomic E-state index is 12.2. The molecule has 1 atom stereocenters. The lowest BCUT2D eigenvalue weighted by molar-refractivity contribution is -0.121. The van der Waals surface area contributed by atoms with Crippen LogP contribution in [0.2, 0.25) is 5.02 Å². The molecule has 27 heavy (non-hydrogen) atoms. The van der Waals surface area contributed by atoms with E-state index in [0.29, 0.717) is 23.9 Å². The Morgan fingerprint density at radius 1 is 1.30 bits per heavy atom. The van der Waals surface area contributed by atoms with Crippen LogP contribution in [-0.4, -0.2) is 28.9 Å². The number of likely N-dealkylation sites (tertiary alicyclic amines) is 1. The Bertz CT molecular complexity index is 765. The summed E-state index contributed by atoms with van der Waals surface area (Å²) in [6.07, 6.45) is 7.74. The molecule has 1 N–H and O–H groups in total. The molecule has 1 aromatic carbocycles. The van der Waals surface area contributed by atoms with Gasteiger partial charge in [0.05, 0.1) is 0 Å². The number of hydrogen-bond acceptors (Lipinski definition) is 3. The fourth-order valence-electron chi connectivity index (χ4n) is 3.71. The zero-order valence-corrected chi connectivity index (χ0v) is 16.7. The number of hydrogen-bond donors (Lipinski definition) is 1. The highest BCUT2D eigenvalue weighted by atomic mass is 35.5. The lowest BCUT2D eigenvalue weighted by Crippen LogP contribution is -2.35. The summed E-state index contributed by atoms with van der Waals surface area (Å²) in [5, 5.41) is 3.69. The second kappa shape index (κ2) is 9.86. The summed E-state index contributed by atoms with van der Waals surface area (Å²) in [5.41, 5.74) is 3.56. The molecule has 2 heterocycles. The van der Waals surface area contributed by atoms with Crippen molar-refractivity contribution < 1.29 is 4.79 Å². The lowest BCUT2D eigenvalue weighted by Gasteiger charge is -2.33. The van der Waals surface area contributed by atoms with Gasteiger partial charge >= 0.3 is 0 Å². The molecule has 4 nitrogen and oxygen atoms in total. The van der Waals surface area contributed by atoms with E-state index in [1.165, 1.54) is 24.0 Å². The number of halogens is 1. The number of aromatic nitrogens is 1. The van der Waals surface area contributed by atoms with E-state index in [9.17, 15) is 4.79 Å². The van der Waals surface area contributed by atoms with Gasteiger partial charge in [-0.3, -0.25) is 14.7 Å². The molecule has 0 bridgehead atoms.